The first kappa shape index (κ1) is 13.4. The molecule has 0 saturated heterocycles. The third kappa shape index (κ3) is 4.40. The number of rotatable bonds is 6. The number of amides is 1. The molecule has 0 aliphatic carbocycles. The lowest BCUT2D eigenvalue weighted by Crippen LogP contribution is -2.26. The number of carbonyl (C=O) groups excluding carboxylic acids is 1. The second-order valence-corrected chi connectivity index (χ2v) is 3.47. The summed E-state index contributed by atoms with van der Waals surface area (Å²) < 4.78 is 18.4. The summed E-state index contributed by atoms with van der Waals surface area (Å²) in [6.07, 6.45) is 0.680. The number of benzene rings is 1. The van der Waals surface area contributed by atoms with Gasteiger partial charge in [0.1, 0.15) is 11.6 Å². The number of phenols is 1. The third-order valence-electron chi connectivity index (χ3n) is 2.15. The van der Waals surface area contributed by atoms with Gasteiger partial charge in [-0.05, 0) is 25.5 Å². The van der Waals surface area contributed by atoms with Crippen molar-refractivity contribution < 1.29 is 19.0 Å². The van der Waals surface area contributed by atoms with Gasteiger partial charge in [0.15, 0.2) is 0 Å². The van der Waals surface area contributed by atoms with E-state index in [2.05, 4.69) is 5.32 Å². The van der Waals surface area contributed by atoms with Gasteiger partial charge < -0.3 is 15.2 Å². The fraction of sp³-hybridized carbons (Fsp3) is 0.417. The zero-order valence-corrected chi connectivity index (χ0v) is 9.70. The summed E-state index contributed by atoms with van der Waals surface area (Å²) >= 11 is 0. The molecule has 0 heterocycles. The van der Waals surface area contributed by atoms with Gasteiger partial charge in [-0.1, -0.05) is 0 Å². The average Bonchev–Trinajstić information content (AvgIpc) is 2.28. The van der Waals surface area contributed by atoms with Crippen molar-refractivity contribution in [1.29, 1.82) is 0 Å². The Hall–Kier alpha value is -1.62. The molecule has 2 N–H and O–H groups in total. The lowest BCUT2D eigenvalue weighted by Gasteiger charge is -2.06. The van der Waals surface area contributed by atoms with Crippen molar-refractivity contribution in [2.24, 2.45) is 0 Å². The van der Waals surface area contributed by atoms with Gasteiger partial charge in [-0.2, -0.15) is 0 Å². The lowest BCUT2D eigenvalue weighted by atomic mass is 10.2. The Labute approximate surface area is 99.4 Å². The number of halogens is 1. The van der Waals surface area contributed by atoms with Crippen molar-refractivity contribution in [1.82, 2.24) is 5.32 Å². The third-order valence-corrected chi connectivity index (χ3v) is 2.15. The van der Waals surface area contributed by atoms with Crippen LogP contribution in [0.2, 0.25) is 0 Å². The zero-order chi connectivity index (χ0) is 12.7. The van der Waals surface area contributed by atoms with Gasteiger partial charge in [-0.25, -0.2) is 4.39 Å². The molecule has 0 radical (unpaired) electrons. The van der Waals surface area contributed by atoms with E-state index in [1.807, 2.05) is 6.92 Å². The van der Waals surface area contributed by atoms with E-state index in [4.69, 9.17) is 9.84 Å². The van der Waals surface area contributed by atoms with E-state index in [1.165, 1.54) is 12.1 Å². The van der Waals surface area contributed by atoms with Crippen molar-refractivity contribution in [3.8, 4) is 5.75 Å². The van der Waals surface area contributed by atoms with E-state index in [9.17, 15) is 9.18 Å². The van der Waals surface area contributed by atoms with Crippen LogP contribution in [0.4, 0.5) is 4.39 Å². The van der Waals surface area contributed by atoms with Crippen LogP contribution in [0.5, 0.6) is 5.75 Å². The Morgan fingerprint density at radius 3 is 2.94 bits per heavy atom. The second kappa shape index (κ2) is 6.85. The number of phenolic OH excluding ortho intramolecular Hbond substituents is 1. The monoisotopic (exact) mass is 241 g/mol. The van der Waals surface area contributed by atoms with Gasteiger partial charge in [0.25, 0.3) is 5.91 Å². The smallest absolute Gasteiger partial charge is 0.254 e. The SMILES string of the molecule is CCOCCCNC(=O)c1ccc(O)cc1F. The minimum absolute atomic E-state index is 0.0702. The fourth-order valence-electron chi connectivity index (χ4n) is 1.30. The maximum atomic E-state index is 13.3. The summed E-state index contributed by atoms with van der Waals surface area (Å²) in [6.45, 7) is 3.53. The number of nitrogens with one attached hydrogen (secondary N) is 1. The van der Waals surface area contributed by atoms with Crippen LogP contribution >= 0.6 is 0 Å². The number of hydrogen-bond donors (Lipinski definition) is 2. The molecular weight excluding hydrogens is 225 g/mol. The van der Waals surface area contributed by atoms with Crippen LogP contribution in [0, 0.1) is 5.82 Å². The van der Waals surface area contributed by atoms with Gasteiger partial charge in [0.2, 0.25) is 0 Å². The molecule has 0 saturated carbocycles. The van der Waals surface area contributed by atoms with Crippen LogP contribution in [0.25, 0.3) is 0 Å². The van der Waals surface area contributed by atoms with Crippen LogP contribution in [0.15, 0.2) is 18.2 Å². The standard InChI is InChI=1S/C12H16FNO3/c1-2-17-7-3-6-14-12(16)10-5-4-9(15)8-11(10)13/h4-5,8,15H,2-3,6-7H2,1H3,(H,14,16). The normalized spacial score (nSPS) is 10.2. The highest BCUT2D eigenvalue weighted by Crippen LogP contribution is 2.14. The molecule has 1 rings (SSSR count). The molecular formula is C12H16FNO3. The van der Waals surface area contributed by atoms with Gasteiger partial charge in [-0.15, -0.1) is 0 Å². The Kier molecular flexibility index (Phi) is 5.42. The first-order chi connectivity index (χ1) is 8.15. The Balaban J connectivity index is 2.42. The molecule has 0 aliphatic rings. The molecule has 0 unspecified atom stereocenters. The minimum Gasteiger partial charge on any atom is -0.508 e. The molecule has 17 heavy (non-hydrogen) atoms. The molecule has 94 valence electrons. The molecule has 1 aromatic carbocycles. The maximum absolute atomic E-state index is 13.3. The van der Waals surface area contributed by atoms with Crippen LogP contribution < -0.4 is 5.32 Å². The van der Waals surface area contributed by atoms with Crippen molar-refractivity contribution in [3.05, 3.63) is 29.6 Å². The van der Waals surface area contributed by atoms with Crippen molar-refractivity contribution >= 4 is 5.91 Å². The molecule has 0 aliphatic heterocycles. The first-order valence-electron chi connectivity index (χ1n) is 5.49. The number of ether oxygens (including phenoxy) is 1. The predicted molar refractivity (Wildman–Crippen MR) is 61.5 cm³/mol. The number of carbonyl (C=O) groups is 1. The van der Waals surface area contributed by atoms with Crippen LogP contribution in [0.1, 0.15) is 23.7 Å². The van der Waals surface area contributed by atoms with Crippen molar-refractivity contribution in [2.75, 3.05) is 19.8 Å². The van der Waals surface area contributed by atoms with Gasteiger partial charge in [0.05, 0.1) is 5.56 Å². The predicted octanol–water partition coefficient (Wildman–Crippen LogP) is 1.69. The number of hydrogen-bond acceptors (Lipinski definition) is 3. The molecule has 0 aromatic heterocycles. The Bertz CT molecular complexity index is 382. The maximum Gasteiger partial charge on any atom is 0.254 e. The highest BCUT2D eigenvalue weighted by molar-refractivity contribution is 5.94. The largest absolute Gasteiger partial charge is 0.508 e. The molecule has 0 bridgehead atoms. The van der Waals surface area contributed by atoms with E-state index >= 15 is 0 Å². The molecule has 0 atom stereocenters. The quantitative estimate of drug-likeness (QED) is 0.745. The van der Waals surface area contributed by atoms with Gasteiger partial charge in [-0.3, -0.25) is 4.79 Å². The molecule has 1 amide bonds. The van der Waals surface area contributed by atoms with Crippen LogP contribution in [-0.4, -0.2) is 30.8 Å². The summed E-state index contributed by atoms with van der Waals surface area (Å²) in [6, 6.07) is 3.44. The van der Waals surface area contributed by atoms with E-state index in [0.717, 1.165) is 6.07 Å². The molecule has 4 nitrogen and oxygen atoms in total. The molecule has 1 aromatic rings. The second-order valence-electron chi connectivity index (χ2n) is 3.47. The lowest BCUT2D eigenvalue weighted by molar-refractivity contribution is 0.0940. The molecule has 0 spiro atoms. The zero-order valence-electron chi connectivity index (χ0n) is 9.70. The van der Waals surface area contributed by atoms with E-state index in [-0.39, 0.29) is 11.3 Å². The summed E-state index contributed by atoms with van der Waals surface area (Å²) in [4.78, 5) is 11.5. The van der Waals surface area contributed by atoms with E-state index in [1.54, 1.807) is 0 Å². The summed E-state index contributed by atoms with van der Waals surface area (Å²) in [5.74, 6) is -1.42. The summed E-state index contributed by atoms with van der Waals surface area (Å²) in [5.41, 5.74) is -0.0702. The molecule has 0 fully saturated rings. The first-order valence-corrected chi connectivity index (χ1v) is 5.49. The fourth-order valence-corrected chi connectivity index (χ4v) is 1.30. The average molecular weight is 241 g/mol. The summed E-state index contributed by atoms with van der Waals surface area (Å²) in [5, 5.41) is 11.6. The Morgan fingerprint density at radius 1 is 1.53 bits per heavy atom. The Morgan fingerprint density at radius 2 is 2.29 bits per heavy atom. The molecule has 5 heteroatoms. The summed E-state index contributed by atoms with van der Waals surface area (Å²) in [7, 11) is 0. The highest BCUT2D eigenvalue weighted by Gasteiger charge is 2.11. The van der Waals surface area contributed by atoms with E-state index < -0.39 is 11.7 Å². The topological polar surface area (TPSA) is 58.6 Å². The van der Waals surface area contributed by atoms with Crippen LogP contribution in [0.3, 0.4) is 0 Å². The van der Waals surface area contributed by atoms with Crippen LogP contribution in [-0.2, 0) is 4.74 Å². The van der Waals surface area contributed by atoms with Crippen molar-refractivity contribution in [2.45, 2.75) is 13.3 Å². The highest BCUT2D eigenvalue weighted by atomic mass is 19.1. The number of aromatic hydroxyl groups is 1. The minimum atomic E-state index is -0.729. The van der Waals surface area contributed by atoms with Crippen molar-refractivity contribution in [3.63, 3.8) is 0 Å². The van der Waals surface area contributed by atoms with Gasteiger partial charge in [0, 0.05) is 25.8 Å². The van der Waals surface area contributed by atoms with Gasteiger partial charge >= 0.3 is 0 Å². The van der Waals surface area contributed by atoms with E-state index in [0.29, 0.717) is 26.2 Å².